The summed E-state index contributed by atoms with van der Waals surface area (Å²) >= 11 is 0. The van der Waals surface area contributed by atoms with E-state index in [1.807, 2.05) is 6.92 Å². The van der Waals surface area contributed by atoms with Crippen LogP contribution in [0, 0.1) is 17.8 Å². The summed E-state index contributed by atoms with van der Waals surface area (Å²) in [4.78, 5) is 128. The molecule has 0 aromatic carbocycles. The largest absolute Gasteiger partial charge is 0.391 e. The highest BCUT2D eigenvalue weighted by molar-refractivity contribution is 5.98. The van der Waals surface area contributed by atoms with Crippen molar-refractivity contribution in [2.45, 2.75) is 169 Å². The van der Waals surface area contributed by atoms with Gasteiger partial charge in [0.1, 0.15) is 42.3 Å². The summed E-state index contributed by atoms with van der Waals surface area (Å²) in [6, 6.07) is -8.05. The minimum absolute atomic E-state index is 0.102. The van der Waals surface area contributed by atoms with E-state index in [1.165, 1.54) is 30.7 Å². The zero-order valence-electron chi connectivity index (χ0n) is 41.0. The van der Waals surface area contributed by atoms with Crippen LogP contribution in [0.5, 0.6) is 0 Å². The molecule has 22 nitrogen and oxygen atoms in total. The average Bonchev–Trinajstić information content (AvgIpc) is 3.75. The highest BCUT2D eigenvalue weighted by atomic mass is 16.3. The maximum Gasteiger partial charge on any atom is 0.245 e. The number of amides is 9. The molecule has 0 aromatic heterocycles. The molecular formula is C44H80N12O10. The Balaban J connectivity index is 3.37. The molecule has 376 valence electrons. The van der Waals surface area contributed by atoms with Gasteiger partial charge in [-0.05, 0) is 63.7 Å². The summed E-state index contributed by atoms with van der Waals surface area (Å²) in [5, 5.41) is 29.4. The molecule has 66 heavy (non-hydrogen) atoms. The Morgan fingerprint density at radius 2 is 1.26 bits per heavy atom. The smallest absolute Gasteiger partial charge is 0.245 e. The quantitative estimate of drug-likeness (QED) is 0.0243. The second-order valence-corrected chi connectivity index (χ2v) is 17.5. The van der Waals surface area contributed by atoms with Crippen molar-refractivity contribution in [1.29, 1.82) is 0 Å². The van der Waals surface area contributed by atoms with Crippen LogP contribution in [0.15, 0.2) is 4.99 Å². The van der Waals surface area contributed by atoms with Gasteiger partial charge in [0.15, 0.2) is 5.96 Å². The predicted octanol–water partition coefficient (Wildman–Crippen LogP) is -1.52. The number of carbonyl (C=O) groups excluding carboxylic acids is 9. The number of aliphatic imine (C=N–C) groups is 1. The first kappa shape index (κ1) is 58.5. The van der Waals surface area contributed by atoms with Gasteiger partial charge in [-0.1, -0.05) is 67.7 Å². The molecule has 0 bridgehead atoms. The van der Waals surface area contributed by atoms with E-state index in [-0.39, 0.29) is 37.8 Å². The minimum Gasteiger partial charge on any atom is -0.391 e. The van der Waals surface area contributed by atoms with Crippen molar-refractivity contribution in [3.8, 4) is 0 Å². The Kier molecular flexibility index (Phi) is 25.8. The third kappa shape index (κ3) is 18.4. The summed E-state index contributed by atoms with van der Waals surface area (Å²) in [7, 11) is 1.42. The zero-order valence-corrected chi connectivity index (χ0v) is 41.0. The highest BCUT2D eigenvalue weighted by Gasteiger charge is 2.40. The van der Waals surface area contributed by atoms with Crippen molar-refractivity contribution in [2.75, 3.05) is 33.2 Å². The molecule has 1 aliphatic heterocycles. The Morgan fingerprint density at radius 1 is 0.727 bits per heavy atom. The van der Waals surface area contributed by atoms with Gasteiger partial charge in [0.2, 0.25) is 53.2 Å². The van der Waals surface area contributed by atoms with E-state index < -0.39 is 113 Å². The van der Waals surface area contributed by atoms with Crippen LogP contribution in [0.25, 0.3) is 0 Å². The number of nitrogens with one attached hydrogen (secondary N) is 7. The van der Waals surface area contributed by atoms with Crippen molar-refractivity contribution >= 4 is 59.1 Å². The van der Waals surface area contributed by atoms with Gasteiger partial charge in [-0.15, -0.1) is 0 Å². The molecule has 0 aromatic rings. The molecule has 1 fully saturated rings. The highest BCUT2D eigenvalue weighted by Crippen LogP contribution is 2.21. The van der Waals surface area contributed by atoms with Crippen LogP contribution in [-0.2, 0) is 43.2 Å². The number of hydrogen-bond acceptors (Lipinski definition) is 11. The SMILES string of the molecule is CCC[C@H](NC(=O)[C@@H](NC(=O)[C@H](NC(=O)[C@H](C(C)C)N(C)C(=O)CNC(C)=O)[C@@H](C)CC)[C@@H](C)O)C(=O)N[C@H](C(=O)N[C@@H](CCCN=C(N)N)C(=O)N1CCC[C@H]1C(=O)NCC)[C@@H](C)CC. The lowest BCUT2D eigenvalue weighted by atomic mass is 9.95. The van der Waals surface area contributed by atoms with Crippen LogP contribution in [0.2, 0.25) is 0 Å². The van der Waals surface area contributed by atoms with Crippen molar-refractivity contribution in [3.63, 3.8) is 0 Å². The van der Waals surface area contributed by atoms with Gasteiger partial charge in [-0.2, -0.15) is 0 Å². The van der Waals surface area contributed by atoms with E-state index in [2.05, 4.69) is 42.2 Å². The lowest BCUT2D eigenvalue weighted by Crippen LogP contribution is -2.63. The maximum absolute atomic E-state index is 14.1. The molecule has 1 aliphatic rings. The Labute approximate surface area is 390 Å². The van der Waals surface area contributed by atoms with Crippen LogP contribution in [0.3, 0.4) is 0 Å². The predicted molar refractivity (Wildman–Crippen MR) is 249 cm³/mol. The lowest BCUT2D eigenvalue weighted by molar-refractivity contribution is -0.142. The summed E-state index contributed by atoms with van der Waals surface area (Å²) < 4.78 is 0. The Bertz CT molecular complexity index is 1690. The molecule has 1 rings (SSSR count). The molecule has 0 saturated carbocycles. The van der Waals surface area contributed by atoms with Crippen LogP contribution in [0.4, 0.5) is 0 Å². The maximum atomic E-state index is 14.1. The number of hydrogen-bond donors (Lipinski definition) is 10. The number of rotatable bonds is 28. The summed E-state index contributed by atoms with van der Waals surface area (Å²) in [5.74, 6) is -6.94. The molecule has 0 radical (unpaired) electrons. The fraction of sp³-hybridized carbons (Fsp3) is 0.773. The number of aliphatic hydroxyl groups excluding tert-OH is 1. The molecule has 1 saturated heterocycles. The Morgan fingerprint density at radius 3 is 1.76 bits per heavy atom. The van der Waals surface area contributed by atoms with E-state index in [9.17, 15) is 48.3 Å². The fourth-order valence-corrected chi connectivity index (χ4v) is 7.59. The third-order valence-corrected chi connectivity index (χ3v) is 11.8. The van der Waals surface area contributed by atoms with Crippen LogP contribution in [0.1, 0.15) is 121 Å². The first-order valence-corrected chi connectivity index (χ1v) is 23.3. The van der Waals surface area contributed by atoms with Crippen molar-refractivity contribution < 1.29 is 48.3 Å². The number of guanidine groups is 1. The summed E-state index contributed by atoms with van der Waals surface area (Å²) in [6.45, 7) is 17.1. The van der Waals surface area contributed by atoms with E-state index in [4.69, 9.17) is 11.5 Å². The van der Waals surface area contributed by atoms with E-state index in [0.29, 0.717) is 51.6 Å². The number of likely N-dealkylation sites (tertiary alicyclic amines) is 1. The van der Waals surface area contributed by atoms with E-state index >= 15 is 0 Å². The van der Waals surface area contributed by atoms with Gasteiger partial charge in [0, 0.05) is 33.6 Å². The molecule has 22 heteroatoms. The summed E-state index contributed by atoms with van der Waals surface area (Å²) in [5.41, 5.74) is 11.0. The van der Waals surface area contributed by atoms with Crippen molar-refractivity contribution in [2.24, 2.45) is 34.2 Å². The molecule has 0 spiro atoms. The zero-order chi connectivity index (χ0) is 50.4. The van der Waals surface area contributed by atoms with Crippen molar-refractivity contribution in [3.05, 3.63) is 0 Å². The van der Waals surface area contributed by atoms with Crippen LogP contribution in [-0.4, -0.2) is 156 Å². The normalized spacial score (nSPS) is 17.5. The van der Waals surface area contributed by atoms with Gasteiger partial charge >= 0.3 is 0 Å². The number of nitrogens with two attached hydrogens (primary N) is 2. The molecule has 9 amide bonds. The molecule has 0 unspecified atom stereocenters. The van der Waals surface area contributed by atoms with Gasteiger partial charge in [-0.25, -0.2) is 0 Å². The van der Waals surface area contributed by atoms with Gasteiger partial charge in [0.05, 0.1) is 12.6 Å². The number of likely N-dealkylation sites (N-methyl/N-ethyl adjacent to an activating group) is 2. The van der Waals surface area contributed by atoms with Crippen molar-refractivity contribution in [1.82, 2.24) is 47.0 Å². The van der Waals surface area contributed by atoms with Gasteiger partial charge < -0.3 is 63.6 Å². The van der Waals surface area contributed by atoms with E-state index in [0.717, 1.165) is 0 Å². The fourth-order valence-electron chi connectivity index (χ4n) is 7.59. The molecular weight excluding hydrogens is 857 g/mol. The monoisotopic (exact) mass is 937 g/mol. The van der Waals surface area contributed by atoms with Crippen LogP contribution < -0.4 is 48.7 Å². The van der Waals surface area contributed by atoms with Gasteiger partial charge in [-0.3, -0.25) is 48.1 Å². The first-order valence-electron chi connectivity index (χ1n) is 23.3. The minimum atomic E-state index is -1.59. The lowest BCUT2D eigenvalue weighted by Gasteiger charge is -2.33. The standard InChI is InChI=1S/C44H80N12O10/c1-12-18-29(50-41(64)35(27(9)57)54-40(63)34(26(8)14-3)53-42(65)36(24(5)6)55(11)32(59)23-49-28(10)58)37(60)52-33(25(7)13-2)39(62)51-30(19-16-21-48-44(45)46)43(66)56-22-17-20-31(56)38(61)47-15-4/h24-27,29-31,33-36,57H,12-23H2,1-11H3,(H,47,61)(H,49,58)(H,50,64)(H,51,62)(H,52,60)(H,53,65)(H,54,63)(H4,45,46,48)/t25-,26-,27+,29-,30-,31-,33-,34+,35-,36-/m0/s1. The molecule has 0 aliphatic carbocycles. The van der Waals surface area contributed by atoms with E-state index in [1.54, 1.807) is 48.5 Å². The third-order valence-electron chi connectivity index (χ3n) is 11.8. The number of carbonyl (C=O) groups is 9. The number of nitrogens with zero attached hydrogens (tertiary/aromatic N) is 3. The molecule has 1 heterocycles. The summed E-state index contributed by atoms with van der Waals surface area (Å²) in [6.07, 6.45) is 1.36. The molecule has 10 atom stereocenters. The second-order valence-electron chi connectivity index (χ2n) is 17.5. The topological polar surface area (TPSA) is 329 Å². The average molecular weight is 937 g/mol. The van der Waals surface area contributed by atoms with Gasteiger partial charge in [0.25, 0.3) is 0 Å². The Hall–Kier alpha value is -5.54. The first-order chi connectivity index (χ1) is 31.0. The molecule has 12 N–H and O–H groups in total. The second kappa shape index (κ2) is 29.2. The number of aliphatic hydroxyl groups is 1. The van der Waals surface area contributed by atoms with Crippen LogP contribution >= 0.6 is 0 Å².